The molecule has 3 aromatic rings. The standard InChI is InChI=1S/C32H32FN7O2S/c1-38-26(29(35)41)16-43-31(38)40-11-9-32(18-40)8-10-39(17-32)30-28(15-36-19-37-30)42-27-7-5-22(33)13-25(27)23-6-2-20(14-34)12-24(23)21-3-4-21/h2,5-7,12-13,15-16,19,21,31H,3-4,8-11,17-18H2,1H3,(H2,35,41). The number of nitriles is 1. The SMILES string of the molecule is CN1C(C(N)=O)=CSC1N1CCC2(CCN(c3ncncc3Oc3ccc(F)cc3-c3ccc(C#N)cc3C3CC3)C2)C1. The molecule has 1 spiro atoms. The Morgan fingerprint density at radius 3 is 2.74 bits per heavy atom. The van der Waals surface area contributed by atoms with Crippen LogP contribution in [-0.2, 0) is 4.79 Å². The number of nitrogens with zero attached hydrogens (tertiary/aromatic N) is 6. The average molecular weight is 598 g/mol. The van der Waals surface area contributed by atoms with Gasteiger partial charge in [-0.15, -0.1) is 0 Å². The Morgan fingerprint density at radius 1 is 1.14 bits per heavy atom. The molecule has 3 fully saturated rings. The fraction of sp³-hybridized carbons (Fsp3) is 0.375. The van der Waals surface area contributed by atoms with E-state index in [0.29, 0.717) is 40.1 Å². The molecule has 9 nitrogen and oxygen atoms in total. The molecule has 7 rings (SSSR count). The van der Waals surface area contributed by atoms with Gasteiger partial charge in [0.15, 0.2) is 11.6 Å². The molecular formula is C32H32FN7O2S. The number of primary amides is 1. The highest BCUT2D eigenvalue weighted by molar-refractivity contribution is 8.02. The molecule has 2 unspecified atom stereocenters. The summed E-state index contributed by atoms with van der Waals surface area (Å²) in [4.78, 5) is 27.4. The molecule has 1 aromatic heterocycles. The number of likely N-dealkylation sites (tertiary alicyclic amines) is 1. The average Bonchev–Trinajstić information content (AvgIpc) is 3.47. The lowest BCUT2D eigenvalue weighted by Crippen LogP contribution is -2.43. The van der Waals surface area contributed by atoms with Gasteiger partial charge in [-0.2, -0.15) is 5.26 Å². The number of hydrogen-bond acceptors (Lipinski definition) is 9. The highest BCUT2D eigenvalue weighted by atomic mass is 32.2. The van der Waals surface area contributed by atoms with Gasteiger partial charge >= 0.3 is 0 Å². The predicted octanol–water partition coefficient (Wildman–Crippen LogP) is 5.02. The minimum absolute atomic E-state index is 0.0634. The number of rotatable bonds is 7. The maximum atomic E-state index is 14.6. The van der Waals surface area contributed by atoms with Crippen LogP contribution in [0, 0.1) is 22.6 Å². The molecule has 43 heavy (non-hydrogen) atoms. The smallest absolute Gasteiger partial charge is 0.265 e. The Hall–Kier alpha value is -4.14. The van der Waals surface area contributed by atoms with Crippen molar-refractivity contribution in [3.63, 3.8) is 0 Å². The van der Waals surface area contributed by atoms with Gasteiger partial charge < -0.3 is 20.3 Å². The number of carbonyl (C=O) groups excluding carboxylic acids is 1. The Labute approximate surface area is 254 Å². The van der Waals surface area contributed by atoms with Crippen LogP contribution >= 0.6 is 11.8 Å². The first-order chi connectivity index (χ1) is 20.8. The van der Waals surface area contributed by atoms with Crippen LogP contribution in [0.25, 0.3) is 11.1 Å². The lowest BCUT2D eigenvalue weighted by Gasteiger charge is -2.32. The van der Waals surface area contributed by atoms with Crippen LogP contribution in [0.3, 0.4) is 0 Å². The number of carbonyl (C=O) groups is 1. The molecule has 0 radical (unpaired) electrons. The fourth-order valence-electron chi connectivity index (χ4n) is 6.74. The van der Waals surface area contributed by atoms with Gasteiger partial charge in [-0.25, -0.2) is 14.4 Å². The van der Waals surface area contributed by atoms with Crippen LogP contribution in [0.4, 0.5) is 10.2 Å². The summed E-state index contributed by atoms with van der Waals surface area (Å²) in [6.45, 7) is 3.51. The van der Waals surface area contributed by atoms with Gasteiger partial charge in [-0.3, -0.25) is 9.69 Å². The van der Waals surface area contributed by atoms with E-state index in [-0.39, 0.29) is 16.7 Å². The maximum Gasteiger partial charge on any atom is 0.265 e. The largest absolute Gasteiger partial charge is 0.451 e. The van der Waals surface area contributed by atoms with Gasteiger partial charge in [0.05, 0.1) is 17.8 Å². The Morgan fingerprint density at radius 2 is 1.98 bits per heavy atom. The summed E-state index contributed by atoms with van der Waals surface area (Å²) in [6, 6.07) is 12.4. The molecule has 220 valence electrons. The fourth-order valence-corrected chi connectivity index (χ4v) is 7.92. The Kier molecular flexibility index (Phi) is 6.98. The summed E-state index contributed by atoms with van der Waals surface area (Å²) in [5.74, 6) is 1.36. The maximum absolute atomic E-state index is 14.6. The zero-order valence-electron chi connectivity index (χ0n) is 23.9. The van der Waals surface area contributed by atoms with Gasteiger partial charge in [0, 0.05) is 49.6 Å². The van der Waals surface area contributed by atoms with Crippen molar-refractivity contribution < 1.29 is 13.9 Å². The van der Waals surface area contributed by atoms with Crippen molar-refractivity contribution in [3.05, 3.63) is 77.0 Å². The van der Waals surface area contributed by atoms with Crippen molar-refractivity contribution in [2.24, 2.45) is 11.1 Å². The van der Waals surface area contributed by atoms with Crippen LogP contribution in [0.2, 0.25) is 0 Å². The van der Waals surface area contributed by atoms with Gasteiger partial charge in [0.25, 0.3) is 5.91 Å². The first-order valence-electron chi connectivity index (χ1n) is 14.5. The number of nitrogens with two attached hydrogens (primary N) is 1. The predicted molar refractivity (Wildman–Crippen MR) is 163 cm³/mol. The number of amides is 1. The monoisotopic (exact) mass is 597 g/mol. The summed E-state index contributed by atoms with van der Waals surface area (Å²) >= 11 is 1.63. The van der Waals surface area contributed by atoms with Crippen LogP contribution in [0.1, 0.15) is 42.7 Å². The van der Waals surface area contributed by atoms with E-state index in [1.165, 1.54) is 18.5 Å². The second-order valence-electron chi connectivity index (χ2n) is 12.0. The van der Waals surface area contributed by atoms with Gasteiger partial charge in [-0.05, 0) is 73.1 Å². The molecule has 1 saturated carbocycles. The molecule has 11 heteroatoms. The molecule has 2 atom stereocenters. The number of hydrogen-bond donors (Lipinski definition) is 1. The van der Waals surface area contributed by atoms with Gasteiger partial charge in [0.2, 0.25) is 0 Å². The zero-order chi connectivity index (χ0) is 29.7. The second-order valence-corrected chi connectivity index (χ2v) is 12.9. The molecule has 1 amide bonds. The van der Waals surface area contributed by atoms with E-state index in [2.05, 4.69) is 25.8 Å². The van der Waals surface area contributed by atoms with Crippen LogP contribution < -0.4 is 15.4 Å². The second kappa shape index (κ2) is 10.8. The van der Waals surface area contributed by atoms with Crippen molar-refractivity contribution in [2.75, 3.05) is 38.1 Å². The molecular weight excluding hydrogens is 565 g/mol. The zero-order valence-corrected chi connectivity index (χ0v) is 24.7. The summed E-state index contributed by atoms with van der Waals surface area (Å²) in [6.07, 6.45) is 7.37. The number of thioether (sulfide) groups is 1. The highest BCUT2D eigenvalue weighted by Gasteiger charge is 2.47. The van der Waals surface area contributed by atoms with Crippen molar-refractivity contribution in [2.45, 2.75) is 37.1 Å². The van der Waals surface area contributed by atoms with Crippen LogP contribution in [0.5, 0.6) is 11.5 Å². The minimum Gasteiger partial charge on any atom is -0.451 e. The lowest BCUT2D eigenvalue weighted by atomic mass is 9.86. The molecule has 4 aliphatic rings. The van der Waals surface area contributed by atoms with E-state index < -0.39 is 5.91 Å². The van der Waals surface area contributed by atoms with Crippen molar-refractivity contribution in [1.82, 2.24) is 19.8 Å². The first-order valence-corrected chi connectivity index (χ1v) is 15.5. The third-order valence-electron chi connectivity index (χ3n) is 9.09. The number of likely N-dealkylation sites (N-methyl/N-ethyl adjacent to an activating group) is 1. The summed E-state index contributed by atoms with van der Waals surface area (Å²) in [5.41, 5.74) is 9.45. The molecule has 4 heterocycles. The molecule has 3 aliphatic heterocycles. The number of halogens is 1. The molecule has 2 N–H and O–H groups in total. The summed E-state index contributed by atoms with van der Waals surface area (Å²) in [5, 5.41) is 11.3. The summed E-state index contributed by atoms with van der Waals surface area (Å²) in [7, 11) is 1.92. The quantitative estimate of drug-likeness (QED) is 0.402. The summed E-state index contributed by atoms with van der Waals surface area (Å²) < 4.78 is 21.1. The Bertz CT molecular complexity index is 1670. The lowest BCUT2D eigenvalue weighted by molar-refractivity contribution is -0.116. The first kappa shape index (κ1) is 27.7. The topological polar surface area (TPSA) is 112 Å². The third-order valence-corrected chi connectivity index (χ3v) is 10.3. The van der Waals surface area contributed by atoms with E-state index in [9.17, 15) is 14.4 Å². The van der Waals surface area contributed by atoms with E-state index in [4.69, 9.17) is 10.5 Å². The molecule has 2 aromatic carbocycles. The molecule has 1 aliphatic carbocycles. The van der Waals surface area contributed by atoms with E-state index in [1.54, 1.807) is 30.1 Å². The van der Waals surface area contributed by atoms with E-state index >= 15 is 0 Å². The van der Waals surface area contributed by atoms with Gasteiger partial charge in [0.1, 0.15) is 29.1 Å². The third kappa shape index (κ3) is 5.19. The molecule has 2 saturated heterocycles. The number of ether oxygens (including phenoxy) is 1. The van der Waals surface area contributed by atoms with Crippen LogP contribution in [-0.4, -0.2) is 64.4 Å². The number of benzene rings is 2. The molecule has 0 bridgehead atoms. The van der Waals surface area contributed by atoms with Crippen molar-refractivity contribution in [1.29, 1.82) is 5.26 Å². The normalized spacial score (nSPS) is 23.6. The minimum atomic E-state index is -0.401. The number of aromatic nitrogens is 2. The van der Waals surface area contributed by atoms with E-state index in [1.807, 2.05) is 29.5 Å². The Balaban J connectivity index is 1.12. The van der Waals surface area contributed by atoms with Crippen LogP contribution in [0.15, 0.2) is 60.0 Å². The highest BCUT2D eigenvalue weighted by Crippen LogP contribution is 2.49. The number of anilines is 1. The van der Waals surface area contributed by atoms with Crippen molar-refractivity contribution >= 4 is 23.5 Å². The van der Waals surface area contributed by atoms with E-state index in [0.717, 1.165) is 63.0 Å². The van der Waals surface area contributed by atoms with Crippen molar-refractivity contribution in [3.8, 4) is 28.7 Å². The van der Waals surface area contributed by atoms with Gasteiger partial charge in [-0.1, -0.05) is 17.8 Å².